The zero-order chi connectivity index (χ0) is 13.6. The molecule has 18 heavy (non-hydrogen) atoms. The van der Waals surface area contributed by atoms with E-state index in [-0.39, 0.29) is 5.41 Å². The molecule has 2 heteroatoms. The van der Waals surface area contributed by atoms with Crippen molar-refractivity contribution in [2.45, 2.75) is 46.1 Å². The maximum absolute atomic E-state index is 5.52. The lowest BCUT2D eigenvalue weighted by molar-refractivity contribution is 0.125. The molecule has 1 aliphatic rings. The molecule has 0 saturated carbocycles. The highest BCUT2D eigenvalue weighted by Gasteiger charge is 2.40. The predicted molar refractivity (Wildman–Crippen MR) is 76.2 cm³/mol. The molecular formula is C16H25NO. The van der Waals surface area contributed by atoms with E-state index in [0.29, 0.717) is 11.5 Å². The second-order valence-electron chi connectivity index (χ2n) is 7.01. The van der Waals surface area contributed by atoms with E-state index in [4.69, 9.17) is 4.74 Å². The van der Waals surface area contributed by atoms with E-state index in [0.717, 1.165) is 12.3 Å². The largest absolute Gasteiger partial charge is 0.496 e. The van der Waals surface area contributed by atoms with Crippen LogP contribution in [-0.4, -0.2) is 13.7 Å². The van der Waals surface area contributed by atoms with Gasteiger partial charge in [0.15, 0.2) is 0 Å². The highest BCUT2D eigenvalue weighted by molar-refractivity contribution is 5.43. The molecule has 1 saturated heterocycles. The Morgan fingerprint density at radius 3 is 2.33 bits per heavy atom. The lowest BCUT2D eigenvalue weighted by atomic mass is 9.72. The van der Waals surface area contributed by atoms with Crippen molar-refractivity contribution in [2.24, 2.45) is 5.41 Å². The van der Waals surface area contributed by atoms with Gasteiger partial charge in [0.25, 0.3) is 0 Å². The average molecular weight is 247 g/mol. The summed E-state index contributed by atoms with van der Waals surface area (Å²) < 4.78 is 5.52. The monoisotopic (exact) mass is 247 g/mol. The molecule has 1 fully saturated rings. The van der Waals surface area contributed by atoms with Gasteiger partial charge in [-0.05, 0) is 28.5 Å². The van der Waals surface area contributed by atoms with Crippen molar-refractivity contribution < 1.29 is 4.74 Å². The Morgan fingerprint density at radius 2 is 1.94 bits per heavy atom. The van der Waals surface area contributed by atoms with Gasteiger partial charge < -0.3 is 10.1 Å². The normalized spacial score (nSPS) is 22.4. The van der Waals surface area contributed by atoms with Crippen LogP contribution < -0.4 is 10.1 Å². The fourth-order valence-corrected chi connectivity index (χ4v) is 2.57. The Labute approximate surface area is 111 Å². The van der Waals surface area contributed by atoms with Gasteiger partial charge in [-0.2, -0.15) is 0 Å². The van der Waals surface area contributed by atoms with Crippen molar-refractivity contribution in [3.63, 3.8) is 0 Å². The zero-order valence-corrected chi connectivity index (χ0v) is 12.4. The fourth-order valence-electron chi connectivity index (χ4n) is 2.57. The van der Waals surface area contributed by atoms with E-state index >= 15 is 0 Å². The number of hydrogen-bond donors (Lipinski definition) is 1. The number of nitrogens with one attached hydrogen (secondary N) is 1. The molecule has 1 N–H and O–H groups in total. The van der Waals surface area contributed by atoms with Crippen LogP contribution in [0.1, 0.15) is 51.8 Å². The van der Waals surface area contributed by atoms with Crippen LogP contribution in [-0.2, 0) is 5.41 Å². The van der Waals surface area contributed by atoms with Crippen molar-refractivity contribution in [1.29, 1.82) is 0 Å². The van der Waals surface area contributed by atoms with Gasteiger partial charge in [-0.1, -0.05) is 40.7 Å². The van der Waals surface area contributed by atoms with Crippen LogP contribution in [0.3, 0.4) is 0 Å². The molecule has 1 aromatic rings. The molecule has 0 aliphatic carbocycles. The minimum atomic E-state index is 0.176. The van der Waals surface area contributed by atoms with Crippen molar-refractivity contribution >= 4 is 0 Å². The van der Waals surface area contributed by atoms with Crippen LogP contribution in [0.25, 0.3) is 0 Å². The highest BCUT2D eigenvalue weighted by Crippen LogP contribution is 2.44. The van der Waals surface area contributed by atoms with Crippen LogP contribution in [0.5, 0.6) is 5.75 Å². The van der Waals surface area contributed by atoms with Gasteiger partial charge in [0.2, 0.25) is 0 Å². The molecule has 1 unspecified atom stereocenters. The van der Waals surface area contributed by atoms with Crippen molar-refractivity contribution in [3.8, 4) is 5.75 Å². The number of ether oxygens (including phenoxy) is 1. The van der Waals surface area contributed by atoms with Crippen LogP contribution in [0.2, 0.25) is 0 Å². The lowest BCUT2D eigenvalue weighted by Gasteiger charge is -2.46. The fraction of sp³-hybridized carbons (Fsp3) is 0.625. The van der Waals surface area contributed by atoms with Gasteiger partial charge in [0.05, 0.1) is 7.11 Å². The first kappa shape index (κ1) is 13.4. The maximum Gasteiger partial charge on any atom is 0.123 e. The maximum atomic E-state index is 5.52. The number of benzene rings is 1. The first-order valence-electron chi connectivity index (χ1n) is 6.67. The standard InChI is InChI=1S/C16H25NO/c1-15(2,3)11-7-8-13(18-6)12(9-11)14-16(4,5)10-17-14/h7-9,14,17H,10H2,1-6H3. The van der Waals surface area contributed by atoms with Gasteiger partial charge in [-0.3, -0.25) is 0 Å². The second-order valence-corrected chi connectivity index (χ2v) is 7.01. The molecule has 1 aromatic carbocycles. The summed E-state index contributed by atoms with van der Waals surface area (Å²) in [5.74, 6) is 0.994. The summed E-state index contributed by atoms with van der Waals surface area (Å²) in [6, 6.07) is 6.98. The first-order valence-corrected chi connectivity index (χ1v) is 6.67. The van der Waals surface area contributed by atoms with Gasteiger partial charge in [0.1, 0.15) is 5.75 Å². The quantitative estimate of drug-likeness (QED) is 0.861. The summed E-state index contributed by atoms with van der Waals surface area (Å²) in [6.45, 7) is 12.4. The van der Waals surface area contributed by atoms with E-state index in [1.807, 2.05) is 0 Å². The Bertz CT molecular complexity index is 443. The summed E-state index contributed by atoms with van der Waals surface area (Å²) in [6.07, 6.45) is 0. The molecule has 2 nitrogen and oxygen atoms in total. The SMILES string of the molecule is COc1ccc(C(C)(C)C)cc1C1NCC1(C)C. The van der Waals surface area contributed by atoms with E-state index in [1.165, 1.54) is 11.1 Å². The van der Waals surface area contributed by atoms with Crippen LogP contribution in [0.15, 0.2) is 18.2 Å². The van der Waals surface area contributed by atoms with Gasteiger partial charge in [-0.25, -0.2) is 0 Å². The molecule has 1 aliphatic heterocycles. The molecule has 1 atom stereocenters. The molecule has 0 spiro atoms. The van der Waals surface area contributed by atoms with Crippen LogP contribution in [0, 0.1) is 5.41 Å². The number of rotatable bonds is 2. The number of methoxy groups -OCH3 is 1. The van der Waals surface area contributed by atoms with E-state index in [9.17, 15) is 0 Å². The van der Waals surface area contributed by atoms with Gasteiger partial charge >= 0.3 is 0 Å². The van der Waals surface area contributed by atoms with Gasteiger partial charge in [0, 0.05) is 18.2 Å². The molecule has 100 valence electrons. The summed E-state index contributed by atoms with van der Waals surface area (Å²) in [7, 11) is 1.75. The average Bonchev–Trinajstić information content (AvgIpc) is 2.26. The third-order valence-electron chi connectivity index (χ3n) is 3.95. The van der Waals surface area contributed by atoms with Crippen LogP contribution in [0.4, 0.5) is 0 Å². The summed E-state index contributed by atoms with van der Waals surface area (Å²) >= 11 is 0. The van der Waals surface area contributed by atoms with E-state index in [2.05, 4.69) is 58.1 Å². The Hall–Kier alpha value is -1.02. The van der Waals surface area contributed by atoms with Crippen molar-refractivity contribution in [2.75, 3.05) is 13.7 Å². The summed E-state index contributed by atoms with van der Waals surface area (Å²) in [5, 5.41) is 3.53. The third-order valence-corrected chi connectivity index (χ3v) is 3.95. The topological polar surface area (TPSA) is 21.3 Å². The first-order chi connectivity index (χ1) is 8.25. The number of hydrogen-bond acceptors (Lipinski definition) is 2. The highest BCUT2D eigenvalue weighted by atomic mass is 16.5. The molecule has 2 rings (SSSR count). The Morgan fingerprint density at radius 1 is 1.28 bits per heavy atom. The van der Waals surface area contributed by atoms with Crippen molar-refractivity contribution in [1.82, 2.24) is 5.32 Å². The Kier molecular flexibility index (Phi) is 3.18. The molecule has 0 bridgehead atoms. The Balaban J connectivity index is 2.44. The summed E-state index contributed by atoms with van der Waals surface area (Å²) in [5.41, 5.74) is 3.14. The third kappa shape index (κ3) is 2.26. The molecule has 0 aromatic heterocycles. The molecule has 1 heterocycles. The molecule has 0 radical (unpaired) electrons. The minimum absolute atomic E-state index is 0.176. The molecule has 0 amide bonds. The minimum Gasteiger partial charge on any atom is -0.496 e. The second kappa shape index (κ2) is 4.27. The zero-order valence-electron chi connectivity index (χ0n) is 12.4. The van der Waals surface area contributed by atoms with Gasteiger partial charge in [-0.15, -0.1) is 0 Å². The van der Waals surface area contributed by atoms with E-state index in [1.54, 1.807) is 7.11 Å². The van der Waals surface area contributed by atoms with Crippen LogP contribution >= 0.6 is 0 Å². The smallest absolute Gasteiger partial charge is 0.123 e. The predicted octanol–water partition coefficient (Wildman–Crippen LogP) is 3.66. The lowest BCUT2D eigenvalue weighted by Crippen LogP contribution is -2.52. The van der Waals surface area contributed by atoms with E-state index < -0.39 is 0 Å². The molecular weight excluding hydrogens is 222 g/mol. The van der Waals surface area contributed by atoms with Crippen molar-refractivity contribution in [3.05, 3.63) is 29.3 Å². The summed E-state index contributed by atoms with van der Waals surface area (Å²) in [4.78, 5) is 0.